The van der Waals surface area contributed by atoms with Gasteiger partial charge in [0.2, 0.25) is 0 Å². The zero-order valence-corrected chi connectivity index (χ0v) is 13.1. The third-order valence-corrected chi connectivity index (χ3v) is 3.75. The van der Waals surface area contributed by atoms with Gasteiger partial charge in [-0.2, -0.15) is 0 Å². The molecule has 0 atom stereocenters. The Morgan fingerprint density at radius 3 is 2.54 bits per heavy atom. The van der Waals surface area contributed by atoms with Gasteiger partial charge >= 0.3 is 0 Å². The molecule has 0 saturated carbocycles. The molecule has 1 aromatic carbocycles. The highest BCUT2D eigenvalue weighted by atomic mass is 16.5. The van der Waals surface area contributed by atoms with Crippen LogP contribution in [0, 0.1) is 0 Å². The van der Waals surface area contributed by atoms with Gasteiger partial charge in [-0.1, -0.05) is 12.1 Å². The number of carbonyl (C=O) groups excluding carboxylic acids is 2. The number of nitrogens with zero attached hydrogens (tertiary/aromatic N) is 3. The fraction of sp³-hybridized carbons (Fsp3) is 0.294. The standard InChI is InChI=1S/C17H18N4O3/c22-16(15-12-18-5-6-19-15)20-11-13-1-3-14(4-2-13)17(23)21-7-9-24-10-8-21/h1-6,12H,7-11H2,(H,20,22). The first-order valence-corrected chi connectivity index (χ1v) is 7.74. The van der Waals surface area contributed by atoms with Crippen molar-refractivity contribution in [1.29, 1.82) is 0 Å². The van der Waals surface area contributed by atoms with E-state index in [0.717, 1.165) is 5.56 Å². The van der Waals surface area contributed by atoms with Gasteiger partial charge in [0.05, 0.1) is 19.4 Å². The van der Waals surface area contributed by atoms with Crippen LogP contribution in [0.15, 0.2) is 42.9 Å². The molecular formula is C17H18N4O3. The van der Waals surface area contributed by atoms with E-state index in [0.29, 0.717) is 38.4 Å². The Hall–Kier alpha value is -2.80. The van der Waals surface area contributed by atoms with Gasteiger partial charge in [0.25, 0.3) is 11.8 Å². The summed E-state index contributed by atoms with van der Waals surface area (Å²) in [6.07, 6.45) is 4.40. The number of ether oxygens (including phenoxy) is 1. The van der Waals surface area contributed by atoms with Crippen LogP contribution in [0.25, 0.3) is 0 Å². The van der Waals surface area contributed by atoms with Gasteiger partial charge in [-0.15, -0.1) is 0 Å². The van der Waals surface area contributed by atoms with E-state index in [9.17, 15) is 9.59 Å². The molecule has 124 valence electrons. The Balaban J connectivity index is 1.56. The lowest BCUT2D eigenvalue weighted by atomic mass is 10.1. The second-order valence-corrected chi connectivity index (χ2v) is 5.37. The summed E-state index contributed by atoms with van der Waals surface area (Å²) in [5.74, 6) is -0.273. The number of amides is 2. The van der Waals surface area contributed by atoms with Gasteiger partial charge in [0.15, 0.2) is 0 Å². The van der Waals surface area contributed by atoms with Gasteiger partial charge in [-0.25, -0.2) is 4.98 Å². The van der Waals surface area contributed by atoms with E-state index in [-0.39, 0.29) is 17.5 Å². The number of hydrogen-bond donors (Lipinski definition) is 1. The molecule has 0 aliphatic carbocycles. The van der Waals surface area contributed by atoms with Crippen molar-refractivity contribution in [3.8, 4) is 0 Å². The summed E-state index contributed by atoms with van der Waals surface area (Å²) in [5.41, 5.74) is 1.82. The van der Waals surface area contributed by atoms with Crippen molar-refractivity contribution in [1.82, 2.24) is 20.2 Å². The van der Waals surface area contributed by atoms with Crippen LogP contribution < -0.4 is 5.32 Å². The van der Waals surface area contributed by atoms with E-state index in [1.54, 1.807) is 17.0 Å². The predicted molar refractivity (Wildman–Crippen MR) is 86.4 cm³/mol. The third kappa shape index (κ3) is 3.94. The first-order valence-electron chi connectivity index (χ1n) is 7.74. The summed E-state index contributed by atoms with van der Waals surface area (Å²) in [5, 5.41) is 2.77. The van der Waals surface area contributed by atoms with Crippen LogP contribution >= 0.6 is 0 Å². The predicted octanol–water partition coefficient (Wildman–Crippen LogP) is 0.879. The molecule has 3 rings (SSSR count). The van der Waals surface area contributed by atoms with Crippen molar-refractivity contribution in [3.05, 3.63) is 59.7 Å². The van der Waals surface area contributed by atoms with Crippen molar-refractivity contribution in [2.24, 2.45) is 0 Å². The SMILES string of the molecule is O=C(NCc1ccc(C(=O)N2CCOCC2)cc1)c1cnccn1. The molecule has 2 aromatic rings. The quantitative estimate of drug-likeness (QED) is 0.901. The lowest BCUT2D eigenvalue weighted by Crippen LogP contribution is -2.40. The highest BCUT2D eigenvalue weighted by molar-refractivity contribution is 5.94. The third-order valence-electron chi connectivity index (χ3n) is 3.75. The fourth-order valence-electron chi connectivity index (χ4n) is 2.40. The molecule has 7 heteroatoms. The average molecular weight is 326 g/mol. The molecule has 2 heterocycles. The normalized spacial score (nSPS) is 14.2. The van der Waals surface area contributed by atoms with E-state index in [2.05, 4.69) is 15.3 Å². The van der Waals surface area contributed by atoms with Crippen molar-refractivity contribution in [2.45, 2.75) is 6.54 Å². The Labute approximate surface area is 139 Å². The number of hydrogen-bond acceptors (Lipinski definition) is 5. The molecule has 1 saturated heterocycles. The molecule has 0 bridgehead atoms. The maximum absolute atomic E-state index is 12.3. The maximum atomic E-state index is 12.3. The lowest BCUT2D eigenvalue weighted by Gasteiger charge is -2.26. The summed E-state index contributed by atoms with van der Waals surface area (Å²) in [4.78, 5) is 33.9. The number of nitrogens with one attached hydrogen (secondary N) is 1. The molecule has 7 nitrogen and oxygen atoms in total. The summed E-state index contributed by atoms with van der Waals surface area (Å²) in [6.45, 7) is 2.77. The van der Waals surface area contributed by atoms with Crippen molar-refractivity contribution in [3.63, 3.8) is 0 Å². The maximum Gasteiger partial charge on any atom is 0.271 e. The minimum atomic E-state index is -0.281. The van der Waals surface area contributed by atoms with E-state index in [1.807, 2.05) is 12.1 Å². The molecule has 1 N–H and O–H groups in total. The summed E-state index contributed by atoms with van der Waals surface area (Å²) in [7, 11) is 0. The van der Waals surface area contributed by atoms with Gasteiger partial charge in [-0.3, -0.25) is 14.6 Å². The molecule has 0 radical (unpaired) electrons. The average Bonchev–Trinajstić information content (AvgIpc) is 2.67. The number of benzene rings is 1. The Morgan fingerprint density at radius 2 is 1.88 bits per heavy atom. The minimum absolute atomic E-state index is 0.00782. The first-order chi connectivity index (χ1) is 11.7. The highest BCUT2D eigenvalue weighted by Gasteiger charge is 2.18. The molecule has 1 aromatic heterocycles. The fourth-order valence-corrected chi connectivity index (χ4v) is 2.40. The molecule has 2 amide bonds. The number of morpholine rings is 1. The molecule has 1 aliphatic rings. The van der Waals surface area contributed by atoms with Crippen LogP contribution in [0.1, 0.15) is 26.4 Å². The van der Waals surface area contributed by atoms with Crippen molar-refractivity contribution < 1.29 is 14.3 Å². The van der Waals surface area contributed by atoms with Gasteiger partial charge in [0.1, 0.15) is 5.69 Å². The molecule has 0 spiro atoms. The summed E-state index contributed by atoms with van der Waals surface area (Å²) >= 11 is 0. The van der Waals surface area contributed by atoms with Crippen LogP contribution in [-0.2, 0) is 11.3 Å². The van der Waals surface area contributed by atoms with Gasteiger partial charge in [0, 0.05) is 37.6 Å². The molecule has 24 heavy (non-hydrogen) atoms. The first kappa shape index (κ1) is 16.1. The van der Waals surface area contributed by atoms with Gasteiger partial charge in [-0.05, 0) is 17.7 Å². The van der Waals surface area contributed by atoms with Crippen LogP contribution in [-0.4, -0.2) is 53.0 Å². The lowest BCUT2D eigenvalue weighted by molar-refractivity contribution is 0.0303. The smallest absolute Gasteiger partial charge is 0.271 e. The second kappa shape index (κ2) is 7.65. The molecule has 1 fully saturated rings. The van der Waals surface area contributed by atoms with E-state index < -0.39 is 0 Å². The topological polar surface area (TPSA) is 84.4 Å². The molecule has 0 unspecified atom stereocenters. The number of carbonyl (C=O) groups is 2. The van der Waals surface area contributed by atoms with Crippen molar-refractivity contribution in [2.75, 3.05) is 26.3 Å². The Bertz CT molecular complexity index is 698. The largest absolute Gasteiger partial charge is 0.378 e. The molecular weight excluding hydrogens is 308 g/mol. The van der Waals surface area contributed by atoms with E-state index >= 15 is 0 Å². The monoisotopic (exact) mass is 326 g/mol. The van der Waals surface area contributed by atoms with Crippen LogP contribution in [0.2, 0.25) is 0 Å². The zero-order valence-electron chi connectivity index (χ0n) is 13.1. The van der Waals surface area contributed by atoms with Crippen LogP contribution in [0.4, 0.5) is 0 Å². The highest BCUT2D eigenvalue weighted by Crippen LogP contribution is 2.09. The number of aromatic nitrogens is 2. The number of rotatable bonds is 4. The Kier molecular flexibility index (Phi) is 5.12. The summed E-state index contributed by atoms with van der Waals surface area (Å²) in [6, 6.07) is 7.23. The van der Waals surface area contributed by atoms with Crippen LogP contribution in [0.3, 0.4) is 0 Å². The van der Waals surface area contributed by atoms with Gasteiger partial charge < -0.3 is 15.0 Å². The Morgan fingerprint density at radius 1 is 1.12 bits per heavy atom. The minimum Gasteiger partial charge on any atom is -0.378 e. The van der Waals surface area contributed by atoms with E-state index in [1.165, 1.54) is 18.6 Å². The second-order valence-electron chi connectivity index (χ2n) is 5.37. The molecule has 1 aliphatic heterocycles. The van der Waals surface area contributed by atoms with E-state index in [4.69, 9.17) is 4.74 Å². The summed E-state index contributed by atoms with van der Waals surface area (Å²) < 4.78 is 5.25. The zero-order chi connectivity index (χ0) is 16.8. The van der Waals surface area contributed by atoms with Crippen molar-refractivity contribution >= 4 is 11.8 Å². The van der Waals surface area contributed by atoms with Crippen LogP contribution in [0.5, 0.6) is 0 Å².